The Balaban J connectivity index is 2.96. The van der Waals surface area contributed by atoms with Gasteiger partial charge in [0.25, 0.3) is 0 Å². The molecule has 0 amide bonds. The van der Waals surface area contributed by atoms with Crippen molar-refractivity contribution in [1.29, 1.82) is 0 Å². The van der Waals surface area contributed by atoms with E-state index >= 15 is 0 Å². The number of fused-ring (bicyclic) bond motifs is 2. The maximum absolute atomic E-state index is 12.3. The highest BCUT2D eigenvalue weighted by Crippen LogP contribution is 2.23. The molecule has 0 N–H and O–H groups in total. The number of hydrogen-bond donors (Lipinski definition) is 0. The lowest BCUT2D eigenvalue weighted by atomic mass is 10.3. The highest BCUT2D eigenvalue weighted by atomic mass is 19.1. The number of rotatable bonds is 0. The summed E-state index contributed by atoms with van der Waals surface area (Å²) in [5.41, 5.74) is -0.0231. The first-order valence-electron chi connectivity index (χ1n) is 2.44. The first-order valence-corrected chi connectivity index (χ1v) is 2.44. The summed E-state index contributed by atoms with van der Waals surface area (Å²) in [6.07, 6.45) is 0. The second-order valence-electron chi connectivity index (χ2n) is 1.82. The van der Waals surface area contributed by atoms with Gasteiger partial charge in [-0.15, -0.1) is 0 Å². The van der Waals surface area contributed by atoms with Crippen molar-refractivity contribution in [3.8, 4) is 0 Å². The van der Waals surface area contributed by atoms with E-state index in [1.54, 1.807) is 0 Å². The molecule has 2 heterocycles. The molecule has 2 bridgehead atoms. The van der Waals surface area contributed by atoms with Crippen LogP contribution in [0, 0.1) is 11.6 Å². The SMILES string of the molecule is Fc1cc2cc(F)c1o2. The van der Waals surface area contributed by atoms with Crippen LogP contribution in [0.4, 0.5) is 8.78 Å². The van der Waals surface area contributed by atoms with Crippen LogP contribution in [0.1, 0.15) is 0 Å². The molecule has 1 nitrogen and oxygen atoms in total. The molecule has 0 atom stereocenters. The van der Waals surface area contributed by atoms with E-state index < -0.39 is 11.6 Å². The largest absolute Gasteiger partial charge is 0.451 e. The molecule has 0 spiro atoms. The number of hydrogen-bond acceptors (Lipinski definition) is 1. The minimum atomic E-state index is -0.620. The van der Waals surface area contributed by atoms with Crippen LogP contribution in [-0.4, -0.2) is 0 Å². The van der Waals surface area contributed by atoms with Crippen molar-refractivity contribution >= 4 is 11.2 Å². The first kappa shape index (κ1) is 4.73. The fourth-order valence-electron chi connectivity index (χ4n) is 0.811. The zero-order chi connectivity index (χ0) is 6.43. The molecule has 0 saturated heterocycles. The normalized spacial score (nSPS) is 11.3. The molecule has 2 aromatic rings. The zero-order valence-electron chi connectivity index (χ0n) is 4.32. The van der Waals surface area contributed by atoms with Gasteiger partial charge in [0.05, 0.1) is 0 Å². The minimum Gasteiger partial charge on any atom is -0.451 e. The molecule has 0 aromatic carbocycles. The summed E-state index contributed by atoms with van der Waals surface area (Å²) in [6.45, 7) is 0. The van der Waals surface area contributed by atoms with Gasteiger partial charge in [0.1, 0.15) is 5.58 Å². The maximum atomic E-state index is 12.3. The lowest BCUT2D eigenvalue weighted by molar-refractivity contribution is 0.569. The Kier molecular flexibility index (Phi) is 0.649. The summed E-state index contributed by atoms with van der Waals surface area (Å²) < 4.78 is 29.1. The van der Waals surface area contributed by atoms with Gasteiger partial charge in [-0.2, -0.15) is 0 Å². The van der Waals surface area contributed by atoms with E-state index in [0.717, 1.165) is 12.1 Å². The van der Waals surface area contributed by atoms with Gasteiger partial charge in [0.15, 0.2) is 17.2 Å². The lowest BCUT2D eigenvalue weighted by Gasteiger charge is -1.77. The predicted octanol–water partition coefficient (Wildman–Crippen LogP) is 2.15. The van der Waals surface area contributed by atoms with Crippen molar-refractivity contribution in [3.63, 3.8) is 0 Å². The van der Waals surface area contributed by atoms with Gasteiger partial charge in [0, 0.05) is 12.1 Å². The molecule has 0 saturated carbocycles. The Morgan fingerprint density at radius 2 is 1.67 bits per heavy atom. The van der Waals surface area contributed by atoms with Crippen LogP contribution in [0.2, 0.25) is 0 Å². The van der Waals surface area contributed by atoms with E-state index in [9.17, 15) is 8.78 Å². The number of halogens is 2. The standard InChI is InChI=1S/C6H2F2O/c7-4-1-3-2-5(8)6(4)9-3/h1-2H. The third kappa shape index (κ3) is 0.460. The van der Waals surface area contributed by atoms with Crippen LogP contribution in [0.25, 0.3) is 11.2 Å². The topological polar surface area (TPSA) is 13.1 Å². The van der Waals surface area contributed by atoms with Crippen LogP contribution in [0.3, 0.4) is 0 Å². The molecule has 0 fully saturated rings. The van der Waals surface area contributed by atoms with Gasteiger partial charge in [0.2, 0.25) is 0 Å². The molecule has 0 aliphatic rings. The van der Waals surface area contributed by atoms with Crippen molar-refractivity contribution in [3.05, 3.63) is 23.8 Å². The van der Waals surface area contributed by atoms with Crippen molar-refractivity contribution in [2.45, 2.75) is 0 Å². The quantitative estimate of drug-likeness (QED) is 0.529. The number of furan rings is 2. The van der Waals surface area contributed by atoms with Gasteiger partial charge in [-0.05, 0) is 0 Å². The molecule has 46 valence electrons. The third-order valence-electron chi connectivity index (χ3n) is 1.19. The van der Waals surface area contributed by atoms with Gasteiger partial charge < -0.3 is 4.42 Å². The lowest BCUT2D eigenvalue weighted by Crippen LogP contribution is -1.71. The fraction of sp³-hybridized carbons (Fsp3) is 0. The predicted molar refractivity (Wildman–Crippen MR) is 27.3 cm³/mol. The Hall–Kier alpha value is -1.12. The average molecular weight is 128 g/mol. The zero-order valence-corrected chi connectivity index (χ0v) is 4.32. The monoisotopic (exact) mass is 128 g/mol. The summed E-state index contributed by atoms with van der Waals surface area (Å²) in [7, 11) is 0. The number of benzene rings is 1. The highest BCUT2D eigenvalue weighted by molar-refractivity contribution is 5.61. The van der Waals surface area contributed by atoms with Crippen molar-refractivity contribution < 1.29 is 13.2 Å². The molecule has 2 aromatic heterocycles. The van der Waals surface area contributed by atoms with Gasteiger partial charge in [-0.1, -0.05) is 0 Å². The summed E-state index contributed by atoms with van der Waals surface area (Å²) >= 11 is 0. The van der Waals surface area contributed by atoms with Gasteiger partial charge in [-0.3, -0.25) is 0 Å². The van der Waals surface area contributed by atoms with E-state index in [2.05, 4.69) is 4.42 Å². The highest BCUT2D eigenvalue weighted by Gasteiger charge is 2.12. The van der Waals surface area contributed by atoms with E-state index in [0.29, 0.717) is 0 Å². The van der Waals surface area contributed by atoms with E-state index in [1.807, 2.05) is 0 Å². The van der Waals surface area contributed by atoms with Crippen LogP contribution in [0.5, 0.6) is 0 Å². The Labute approximate surface area is 49.2 Å². The third-order valence-corrected chi connectivity index (χ3v) is 1.19. The maximum Gasteiger partial charge on any atom is 0.198 e. The average Bonchev–Trinajstić information content (AvgIpc) is 2.22. The molecule has 0 unspecified atom stereocenters. The molecule has 2 rings (SSSR count). The summed E-state index contributed by atoms with van der Waals surface area (Å²) in [5, 5.41) is 0. The molecule has 0 aliphatic heterocycles. The first-order chi connectivity index (χ1) is 4.27. The second-order valence-corrected chi connectivity index (χ2v) is 1.82. The van der Waals surface area contributed by atoms with Crippen molar-refractivity contribution in [1.82, 2.24) is 0 Å². The Bertz CT molecular complexity index is 299. The van der Waals surface area contributed by atoms with E-state index in [-0.39, 0.29) is 11.2 Å². The second kappa shape index (κ2) is 1.23. The summed E-state index contributed by atoms with van der Waals surface area (Å²) in [4.78, 5) is 0. The van der Waals surface area contributed by atoms with Crippen LogP contribution in [-0.2, 0) is 0 Å². The van der Waals surface area contributed by atoms with Crippen molar-refractivity contribution in [2.75, 3.05) is 0 Å². The molecule has 9 heavy (non-hydrogen) atoms. The molecular weight excluding hydrogens is 126 g/mol. The fourth-order valence-corrected chi connectivity index (χ4v) is 0.811. The van der Waals surface area contributed by atoms with Crippen LogP contribution >= 0.6 is 0 Å². The van der Waals surface area contributed by atoms with Crippen molar-refractivity contribution in [2.24, 2.45) is 0 Å². The van der Waals surface area contributed by atoms with Gasteiger partial charge in [-0.25, -0.2) is 8.78 Å². The van der Waals surface area contributed by atoms with E-state index in [4.69, 9.17) is 0 Å². The van der Waals surface area contributed by atoms with Crippen LogP contribution < -0.4 is 0 Å². The minimum absolute atomic E-state index is 0.250. The Morgan fingerprint density at radius 1 is 1.11 bits per heavy atom. The molecular formula is C6H2F2O. The smallest absolute Gasteiger partial charge is 0.198 e. The molecule has 0 aliphatic carbocycles. The van der Waals surface area contributed by atoms with Gasteiger partial charge >= 0.3 is 0 Å². The molecule has 3 heteroatoms. The summed E-state index contributed by atoms with van der Waals surface area (Å²) in [6, 6.07) is 2.30. The molecule has 0 radical (unpaired) electrons. The Morgan fingerprint density at radius 3 is 1.89 bits per heavy atom. The summed E-state index contributed by atoms with van der Waals surface area (Å²) in [5.74, 6) is -1.24. The van der Waals surface area contributed by atoms with E-state index in [1.165, 1.54) is 0 Å². The van der Waals surface area contributed by atoms with Crippen LogP contribution in [0.15, 0.2) is 16.5 Å².